The molecule has 32 heavy (non-hydrogen) atoms. The minimum Gasteiger partial charge on any atom is -0.489 e. The first-order valence-electron chi connectivity index (χ1n) is 10.8. The van der Waals surface area contributed by atoms with E-state index in [9.17, 15) is 4.79 Å². The molecule has 1 aromatic heterocycles. The van der Waals surface area contributed by atoms with Crippen molar-refractivity contribution in [3.05, 3.63) is 65.5 Å². The highest BCUT2D eigenvalue weighted by molar-refractivity contribution is 9.11. The topological polar surface area (TPSA) is 56.5 Å². The van der Waals surface area contributed by atoms with E-state index in [0.29, 0.717) is 10.9 Å². The van der Waals surface area contributed by atoms with Gasteiger partial charge in [-0.25, -0.2) is 4.98 Å². The van der Waals surface area contributed by atoms with Crippen molar-refractivity contribution in [1.82, 2.24) is 9.66 Å². The second kappa shape index (κ2) is 10.2. The minimum atomic E-state index is -0.147. The molecule has 0 spiro atoms. The van der Waals surface area contributed by atoms with Gasteiger partial charge in [-0.15, -0.1) is 0 Å². The summed E-state index contributed by atoms with van der Waals surface area (Å²) < 4.78 is 9.84. The van der Waals surface area contributed by atoms with Crippen LogP contribution in [0.15, 0.2) is 53.6 Å². The lowest BCUT2D eigenvalue weighted by molar-refractivity contribution is 0.239. The zero-order chi connectivity index (χ0) is 22.8. The number of rotatable bonds is 5. The van der Waals surface area contributed by atoms with Crippen LogP contribution in [-0.2, 0) is 0 Å². The summed E-state index contributed by atoms with van der Waals surface area (Å²) in [5.41, 5.74) is 1.41. The maximum Gasteiger partial charge on any atom is 0.282 e. The van der Waals surface area contributed by atoms with Crippen LogP contribution in [-0.4, -0.2) is 22.0 Å². The highest BCUT2D eigenvalue weighted by Gasteiger charge is 2.22. The van der Waals surface area contributed by atoms with Crippen molar-refractivity contribution in [1.29, 1.82) is 0 Å². The van der Waals surface area contributed by atoms with Gasteiger partial charge in [0.2, 0.25) is 0 Å². The molecule has 1 heterocycles. The van der Waals surface area contributed by atoms with Crippen LogP contribution in [0.25, 0.3) is 10.9 Å². The van der Waals surface area contributed by atoms with Crippen molar-refractivity contribution in [3.8, 4) is 5.75 Å². The van der Waals surface area contributed by atoms with Crippen molar-refractivity contribution >= 4 is 64.9 Å². The number of nitrogens with zero attached hydrogens (tertiary/aromatic N) is 3. The third-order valence-electron chi connectivity index (χ3n) is 5.50. The van der Waals surface area contributed by atoms with Crippen molar-refractivity contribution in [2.45, 2.75) is 58.0 Å². The van der Waals surface area contributed by atoms with Gasteiger partial charge in [0.1, 0.15) is 11.6 Å². The Hall–Kier alpha value is -1.51. The van der Waals surface area contributed by atoms with Crippen molar-refractivity contribution < 1.29 is 4.74 Å². The molecule has 5 nitrogen and oxygen atoms in total. The SMILES string of the molecule is CC(C)Oc1c(Br)cc(C=Nn2c(C3CCCCC3)nc3ccc(Br)cc3c2=O)cc1Br. The fourth-order valence-corrected chi connectivity index (χ4v) is 5.80. The van der Waals surface area contributed by atoms with Gasteiger partial charge in [-0.2, -0.15) is 9.78 Å². The second-order valence-electron chi connectivity index (χ2n) is 8.31. The fourth-order valence-electron chi connectivity index (χ4n) is 4.03. The Kier molecular flexibility index (Phi) is 7.52. The van der Waals surface area contributed by atoms with Crippen LogP contribution in [0.5, 0.6) is 5.75 Å². The Morgan fingerprint density at radius 1 is 1.09 bits per heavy atom. The second-order valence-corrected chi connectivity index (χ2v) is 10.9. The Bertz CT molecular complexity index is 1210. The normalized spacial score (nSPS) is 15.2. The standard InChI is InChI=1S/C24H24Br3N3O2/c1-14(2)32-22-19(26)10-15(11-20(22)27)13-28-30-23(16-6-4-3-5-7-16)29-21-9-8-17(25)12-18(21)24(30)31/h8-14,16H,3-7H2,1-2H3. The molecule has 0 radical (unpaired) electrons. The van der Waals surface area contributed by atoms with Gasteiger partial charge in [0.15, 0.2) is 0 Å². The zero-order valence-corrected chi connectivity index (χ0v) is 22.7. The lowest BCUT2D eigenvalue weighted by atomic mass is 9.88. The summed E-state index contributed by atoms with van der Waals surface area (Å²) in [5.74, 6) is 1.73. The van der Waals surface area contributed by atoms with Gasteiger partial charge in [-0.05, 0) is 94.4 Å². The van der Waals surface area contributed by atoms with Crippen molar-refractivity contribution in [2.75, 3.05) is 0 Å². The van der Waals surface area contributed by atoms with Gasteiger partial charge in [-0.3, -0.25) is 4.79 Å². The summed E-state index contributed by atoms with van der Waals surface area (Å²) in [7, 11) is 0. The van der Waals surface area contributed by atoms with Gasteiger partial charge in [0.05, 0.1) is 32.2 Å². The number of halogens is 3. The Morgan fingerprint density at radius 3 is 2.44 bits per heavy atom. The summed E-state index contributed by atoms with van der Waals surface area (Å²) in [6, 6.07) is 9.49. The van der Waals surface area contributed by atoms with Gasteiger partial charge >= 0.3 is 0 Å². The summed E-state index contributed by atoms with van der Waals surface area (Å²) in [6.07, 6.45) is 7.36. The summed E-state index contributed by atoms with van der Waals surface area (Å²) >= 11 is 10.6. The molecule has 0 amide bonds. The largest absolute Gasteiger partial charge is 0.489 e. The van der Waals surface area contributed by atoms with Crippen LogP contribution in [0.2, 0.25) is 0 Å². The number of aromatic nitrogens is 2. The molecule has 1 fully saturated rings. The van der Waals surface area contributed by atoms with E-state index in [1.807, 2.05) is 44.2 Å². The molecule has 1 aliphatic rings. The Morgan fingerprint density at radius 2 is 1.78 bits per heavy atom. The average molecular weight is 626 g/mol. The van der Waals surface area contributed by atoms with Crippen LogP contribution in [0.1, 0.15) is 63.3 Å². The molecule has 0 unspecified atom stereocenters. The molecule has 1 saturated carbocycles. The molecule has 0 bridgehead atoms. The van der Waals surface area contributed by atoms with Crippen LogP contribution < -0.4 is 10.3 Å². The molecule has 4 rings (SSSR count). The van der Waals surface area contributed by atoms with Crippen molar-refractivity contribution in [2.24, 2.45) is 5.10 Å². The lowest BCUT2D eigenvalue weighted by Gasteiger charge is -2.22. The number of benzene rings is 2. The maximum absolute atomic E-state index is 13.4. The van der Waals surface area contributed by atoms with E-state index >= 15 is 0 Å². The summed E-state index contributed by atoms with van der Waals surface area (Å²) in [6.45, 7) is 3.97. The highest BCUT2D eigenvalue weighted by Crippen LogP contribution is 2.35. The van der Waals surface area contributed by atoms with E-state index < -0.39 is 0 Å². The monoisotopic (exact) mass is 623 g/mol. The quantitative estimate of drug-likeness (QED) is 0.278. The molecule has 0 aliphatic heterocycles. The van der Waals surface area contributed by atoms with Gasteiger partial charge in [0.25, 0.3) is 5.56 Å². The van der Waals surface area contributed by atoms with Crippen LogP contribution >= 0.6 is 47.8 Å². The summed E-state index contributed by atoms with van der Waals surface area (Å²) in [4.78, 5) is 18.3. The molecular weight excluding hydrogens is 602 g/mol. The molecule has 1 aliphatic carbocycles. The first kappa shape index (κ1) is 23.6. The Labute approximate surface area is 212 Å². The number of hydrogen-bond donors (Lipinski definition) is 0. The first-order valence-corrected chi connectivity index (χ1v) is 13.1. The molecular formula is C24H24Br3N3O2. The van der Waals surface area contributed by atoms with E-state index in [1.165, 1.54) is 11.1 Å². The summed E-state index contributed by atoms with van der Waals surface area (Å²) in [5, 5.41) is 5.18. The Balaban J connectivity index is 1.80. The molecule has 2 aromatic carbocycles. The number of fused-ring (bicyclic) bond motifs is 1. The van der Waals surface area contributed by atoms with Crippen LogP contribution in [0.4, 0.5) is 0 Å². The van der Waals surface area contributed by atoms with E-state index in [0.717, 1.165) is 56.2 Å². The van der Waals surface area contributed by atoms with Crippen molar-refractivity contribution in [3.63, 3.8) is 0 Å². The van der Waals surface area contributed by atoms with E-state index in [4.69, 9.17) is 9.72 Å². The maximum atomic E-state index is 13.4. The molecule has 168 valence electrons. The molecule has 8 heteroatoms. The van der Waals surface area contributed by atoms with E-state index in [2.05, 4.69) is 52.9 Å². The van der Waals surface area contributed by atoms with Crippen LogP contribution in [0, 0.1) is 0 Å². The predicted molar refractivity (Wildman–Crippen MR) is 140 cm³/mol. The minimum absolute atomic E-state index is 0.0572. The third kappa shape index (κ3) is 5.18. The molecule has 0 atom stereocenters. The van der Waals surface area contributed by atoms with Gasteiger partial charge in [0, 0.05) is 10.4 Å². The third-order valence-corrected chi connectivity index (χ3v) is 7.17. The fraction of sp³-hybridized carbons (Fsp3) is 0.375. The lowest BCUT2D eigenvalue weighted by Crippen LogP contribution is -2.25. The van der Waals surface area contributed by atoms with E-state index in [-0.39, 0.29) is 17.6 Å². The number of ether oxygens (including phenoxy) is 1. The highest BCUT2D eigenvalue weighted by atomic mass is 79.9. The molecule has 0 N–H and O–H groups in total. The van der Waals surface area contributed by atoms with Crippen LogP contribution in [0.3, 0.4) is 0 Å². The van der Waals surface area contributed by atoms with Gasteiger partial charge < -0.3 is 4.74 Å². The zero-order valence-electron chi connectivity index (χ0n) is 17.9. The first-order chi connectivity index (χ1) is 15.3. The van der Waals surface area contributed by atoms with Gasteiger partial charge in [-0.1, -0.05) is 35.2 Å². The molecule has 0 saturated heterocycles. The molecule has 3 aromatic rings. The smallest absolute Gasteiger partial charge is 0.282 e. The average Bonchev–Trinajstić information content (AvgIpc) is 2.76. The number of hydrogen-bond acceptors (Lipinski definition) is 4. The predicted octanol–water partition coefficient (Wildman–Crippen LogP) is 7.40. The van der Waals surface area contributed by atoms with E-state index in [1.54, 1.807) is 6.21 Å².